The Morgan fingerprint density at radius 3 is 2.02 bits per heavy atom. The summed E-state index contributed by atoms with van der Waals surface area (Å²) in [4.78, 5) is 34.2. The van der Waals surface area contributed by atoms with E-state index in [0.29, 0.717) is 14.7 Å². The van der Waals surface area contributed by atoms with Crippen LogP contribution in [0.3, 0.4) is 0 Å². The minimum Gasteiger partial charge on any atom is -0.458 e. The number of aromatic nitrogens is 1. The number of esters is 1. The highest BCUT2D eigenvalue weighted by Gasteiger charge is 2.56. The van der Waals surface area contributed by atoms with Gasteiger partial charge in [0, 0.05) is 0 Å². The van der Waals surface area contributed by atoms with Crippen molar-refractivity contribution in [2.45, 2.75) is 63.6 Å². The van der Waals surface area contributed by atoms with Crippen molar-refractivity contribution in [3.05, 3.63) is 89.8 Å². The highest BCUT2D eigenvalue weighted by atomic mass is 32.2. The lowest BCUT2D eigenvalue weighted by Crippen LogP contribution is -2.63. The van der Waals surface area contributed by atoms with E-state index in [1.807, 2.05) is 60.7 Å². The number of thiophene rings is 1. The maximum atomic E-state index is 14.6. The first kappa shape index (κ1) is 28.6. The Labute approximate surface area is 243 Å². The summed E-state index contributed by atoms with van der Waals surface area (Å²) in [5, 5.41) is 0.217. The van der Waals surface area contributed by atoms with Crippen LogP contribution in [0.5, 0.6) is 0 Å². The van der Waals surface area contributed by atoms with Crippen LogP contribution in [-0.4, -0.2) is 40.8 Å². The van der Waals surface area contributed by atoms with Crippen LogP contribution in [0.25, 0.3) is 10.8 Å². The predicted molar refractivity (Wildman–Crippen MR) is 156 cm³/mol. The van der Waals surface area contributed by atoms with Crippen LogP contribution in [0.4, 0.5) is 9.80 Å². The first-order valence-electron chi connectivity index (χ1n) is 13.0. The van der Waals surface area contributed by atoms with Crippen LogP contribution in [0, 0.1) is 6.92 Å². The fourth-order valence-electron chi connectivity index (χ4n) is 4.88. The lowest BCUT2D eigenvalue weighted by molar-refractivity contribution is -0.163. The number of carbonyl (C=O) groups excluding carboxylic acids is 2. The number of nitrogens with zero attached hydrogens (tertiary/aromatic N) is 3. The number of benzene rings is 2. The molecule has 0 fully saturated rings. The molecule has 2 amide bonds. The molecule has 0 atom stereocenters. The van der Waals surface area contributed by atoms with Crippen LogP contribution < -0.4 is 4.90 Å². The third kappa shape index (κ3) is 4.93. The Morgan fingerprint density at radius 1 is 0.976 bits per heavy atom. The first-order valence-corrected chi connectivity index (χ1v) is 15.3. The molecule has 11 heteroatoms. The van der Waals surface area contributed by atoms with Gasteiger partial charge in [-0.15, -0.1) is 11.3 Å². The lowest BCUT2D eigenvalue weighted by atomic mass is 9.97. The molecule has 1 aliphatic heterocycles. The number of fused-ring (bicyclic) bond motifs is 1. The van der Waals surface area contributed by atoms with Gasteiger partial charge in [0.05, 0.1) is 17.1 Å². The van der Waals surface area contributed by atoms with Gasteiger partial charge in [0.25, 0.3) is 10.0 Å². The summed E-state index contributed by atoms with van der Waals surface area (Å²) in [6.07, 6.45) is 2.87. The van der Waals surface area contributed by atoms with Crippen LogP contribution >= 0.6 is 11.3 Å². The van der Waals surface area contributed by atoms with Crippen molar-refractivity contribution in [3.63, 3.8) is 0 Å². The summed E-state index contributed by atoms with van der Waals surface area (Å²) in [6, 6.07) is 17.1. The van der Waals surface area contributed by atoms with Crippen molar-refractivity contribution >= 4 is 38.4 Å². The molecule has 0 N–H and O–H groups in total. The molecule has 0 radical (unpaired) electrons. The second-order valence-electron chi connectivity index (χ2n) is 11.2. The van der Waals surface area contributed by atoms with Gasteiger partial charge in [-0.05, 0) is 58.2 Å². The zero-order chi connectivity index (χ0) is 29.7. The molecule has 2 aromatic heterocycles. The molecule has 4 aromatic rings. The van der Waals surface area contributed by atoms with Crippen molar-refractivity contribution in [2.75, 3.05) is 4.90 Å². The van der Waals surface area contributed by atoms with Crippen molar-refractivity contribution in [1.29, 1.82) is 0 Å². The Kier molecular flexibility index (Phi) is 7.07. The fourth-order valence-corrected chi connectivity index (χ4v) is 8.51. The number of amides is 2. The van der Waals surface area contributed by atoms with E-state index >= 15 is 0 Å². The van der Waals surface area contributed by atoms with Crippen molar-refractivity contribution in [2.24, 2.45) is 0 Å². The molecule has 2 aromatic carbocycles. The monoisotopic (exact) mass is 593 g/mol. The molecule has 41 heavy (non-hydrogen) atoms. The summed E-state index contributed by atoms with van der Waals surface area (Å²) in [5.41, 5.74) is -0.898. The minimum atomic E-state index is -4.54. The maximum Gasteiger partial charge on any atom is 0.341 e. The standard InChI is InChI=1S/C30H31N3O6S2/c1-19-23(25-31-17-18-38-25)40-26-24(19)41(36,37)33(30(5,6)27(34)39-29(2,3)4)28(35)32(26)22(20-13-9-7-10-14-20)21-15-11-8-12-16-21/h7-18,22H,1-6H3. The highest BCUT2D eigenvalue weighted by molar-refractivity contribution is 7.90. The second kappa shape index (κ2) is 10.1. The van der Waals surface area contributed by atoms with Gasteiger partial charge in [-0.1, -0.05) is 60.7 Å². The van der Waals surface area contributed by atoms with Gasteiger partial charge in [0.1, 0.15) is 21.8 Å². The zero-order valence-corrected chi connectivity index (χ0v) is 25.2. The molecular formula is C30H31N3O6S2. The quantitative estimate of drug-likeness (QED) is 0.233. The van der Waals surface area contributed by atoms with Crippen LogP contribution in [-0.2, 0) is 19.6 Å². The van der Waals surface area contributed by atoms with E-state index in [4.69, 9.17) is 9.15 Å². The average molecular weight is 594 g/mol. The number of hydrogen-bond donors (Lipinski definition) is 0. The van der Waals surface area contributed by atoms with Gasteiger partial charge in [0.15, 0.2) is 5.54 Å². The summed E-state index contributed by atoms with van der Waals surface area (Å²) in [6.45, 7) is 9.48. The SMILES string of the molecule is Cc1c(-c2ncco2)sc2c1S(=O)(=O)N(C(C)(C)C(=O)OC(C)(C)C)C(=O)N2C(c1ccccc1)c1ccccc1. The van der Waals surface area contributed by atoms with E-state index in [9.17, 15) is 18.0 Å². The number of anilines is 1. The van der Waals surface area contributed by atoms with Gasteiger partial charge in [-0.2, -0.15) is 4.31 Å². The van der Waals surface area contributed by atoms with Gasteiger partial charge in [-0.3, -0.25) is 4.90 Å². The molecular weight excluding hydrogens is 562 g/mol. The minimum absolute atomic E-state index is 0.0798. The van der Waals surface area contributed by atoms with Crippen LogP contribution in [0.1, 0.15) is 57.4 Å². The van der Waals surface area contributed by atoms with E-state index in [1.165, 1.54) is 31.2 Å². The van der Waals surface area contributed by atoms with Gasteiger partial charge in [-0.25, -0.2) is 23.0 Å². The molecule has 9 nitrogen and oxygen atoms in total. The summed E-state index contributed by atoms with van der Waals surface area (Å²) in [5.74, 6) is -0.611. The van der Waals surface area contributed by atoms with Gasteiger partial charge < -0.3 is 9.15 Å². The molecule has 0 bridgehead atoms. The number of urea groups is 1. The number of oxazole rings is 1. The summed E-state index contributed by atoms with van der Waals surface area (Å²) in [7, 11) is -4.54. The number of hydrogen-bond acceptors (Lipinski definition) is 8. The van der Waals surface area contributed by atoms with Crippen LogP contribution in [0.15, 0.2) is 82.4 Å². The molecule has 0 unspecified atom stereocenters. The number of sulfonamides is 1. The molecule has 0 saturated heterocycles. The molecule has 1 aliphatic rings. The van der Waals surface area contributed by atoms with E-state index in [-0.39, 0.29) is 15.8 Å². The van der Waals surface area contributed by atoms with E-state index < -0.39 is 39.2 Å². The number of ether oxygens (including phenoxy) is 1. The lowest BCUT2D eigenvalue weighted by Gasteiger charge is -2.44. The summed E-state index contributed by atoms with van der Waals surface area (Å²) < 4.78 is 40.6. The largest absolute Gasteiger partial charge is 0.458 e. The maximum absolute atomic E-state index is 14.6. The first-order chi connectivity index (χ1) is 19.2. The average Bonchev–Trinajstić information content (AvgIpc) is 3.54. The highest BCUT2D eigenvalue weighted by Crippen LogP contribution is 2.52. The number of carbonyl (C=O) groups is 2. The van der Waals surface area contributed by atoms with Gasteiger partial charge in [0.2, 0.25) is 5.89 Å². The molecule has 5 rings (SSSR count). The van der Waals surface area contributed by atoms with Crippen molar-refractivity contribution in [3.8, 4) is 10.8 Å². The molecule has 0 aliphatic carbocycles. The molecule has 3 heterocycles. The molecule has 0 spiro atoms. The van der Waals surface area contributed by atoms with Crippen molar-refractivity contribution in [1.82, 2.24) is 9.29 Å². The Bertz CT molecular complexity index is 1650. The van der Waals surface area contributed by atoms with Crippen molar-refractivity contribution < 1.29 is 27.2 Å². The van der Waals surface area contributed by atoms with E-state index in [1.54, 1.807) is 27.7 Å². The third-order valence-electron chi connectivity index (χ3n) is 6.69. The Hall–Kier alpha value is -3.96. The fraction of sp³-hybridized carbons (Fsp3) is 0.300. The third-order valence-corrected chi connectivity index (χ3v) is 10.2. The number of rotatable bonds is 6. The zero-order valence-electron chi connectivity index (χ0n) is 23.6. The molecule has 214 valence electrons. The van der Waals surface area contributed by atoms with E-state index in [0.717, 1.165) is 22.5 Å². The predicted octanol–water partition coefficient (Wildman–Crippen LogP) is 6.55. The van der Waals surface area contributed by atoms with E-state index in [2.05, 4.69) is 4.98 Å². The smallest absolute Gasteiger partial charge is 0.341 e. The van der Waals surface area contributed by atoms with Gasteiger partial charge >= 0.3 is 12.0 Å². The molecule has 0 saturated carbocycles. The Morgan fingerprint density at radius 2 is 1.54 bits per heavy atom. The summed E-state index contributed by atoms with van der Waals surface area (Å²) >= 11 is 1.11. The second-order valence-corrected chi connectivity index (χ2v) is 14.0. The normalized spacial score (nSPS) is 15.2. The van der Waals surface area contributed by atoms with Crippen LogP contribution in [0.2, 0.25) is 0 Å². The topological polar surface area (TPSA) is 110 Å². The Balaban J connectivity index is 1.81.